The molecule has 0 spiro atoms. The van der Waals surface area contributed by atoms with Gasteiger partial charge in [-0.05, 0) is 30.9 Å². The SMILES string of the molecule is C=C\C=C(CC)/C(/C=C\CCC)=C\C.CC.CC.CCCCCCC. The second-order valence-corrected chi connectivity index (χ2v) is 5.28. The molecule has 0 heteroatoms. The average Bonchev–Trinajstić information content (AvgIpc) is 2.68. The highest BCUT2D eigenvalue weighted by Crippen LogP contribution is 2.15. The van der Waals surface area contributed by atoms with Gasteiger partial charge in [0.25, 0.3) is 0 Å². The number of allylic oxidation sites excluding steroid dienone is 7. The molecule has 150 valence electrons. The van der Waals surface area contributed by atoms with E-state index < -0.39 is 0 Å². The van der Waals surface area contributed by atoms with Crippen molar-refractivity contribution in [1.82, 2.24) is 0 Å². The fourth-order valence-corrected chi connectivity index (χ4v) is 2.00. The third-order valence-corrected chi connectivity index (χ3v) is 3.34. The smallest absolute Gasteiger partial charge is 0.0271 e. The van der Waals surface area contributed by atoms with Gasteiger partial charge in [0.15, 0.2) is 0 Å². The standard InChI is InChI=1S/C14H22.C7H16.2C2H6/c1-5-9-10-12-14(8-4)13(7-3)11-6-2;1-3-5-7-6-4-2;2*1-2/h6,8,10-12H,2,5,7,9H2,1,3-4H3;3-7H2,1-2H3;2*1-2H3/b12-10-,13-11-,14-8-;;;. The maximum absolute atomic E-state index is 3.73. The predicted molar refractivity (Wildman–Crippen MR) is 124 cm³/mol. The van der Waals surface area contributed by atoms with E-state index in [1.807, 2.05) is 33.8 Å². The first kappa shape index (κ1) is 31.7. The molecule has 0 fully saturated rings. The Morgan fingerprint density at radius 3 is 1.64 bits per heavy atom. The minimum Gasteiger partial charge on any atom is -0.0991 e. The lowest BCUT2D eigenvalue weighted by atomic mass is 10.0. The summed E-state index contributed by atoms with van der Waals surface area (Å²) in [5.74, 6) is 0. The summed E-state index contributed by atoms with van der Waals surface area (Å²) in [5.41, 5.74) is 2.68. The molecule has 0 rings (SSSR count). The zero-order valence-electron chi connectivity index (χ0n) is 19.3. The van der Waals surface area contributed by atoms with Crippen molar-refractivity contribution in [2.45, 2.75) is 114 Å². The molecule has 0 aliphatic heterocycles. The van der Waals surface area contributed by atoms with Gasteiger partial charge in [-0.3, -0.25) is 0 Å². The molecule has 0 saturated carbocycles. The predicted octanol–water partition coefficient (Wildman–Crippen LogP) is 9.84. The van der Waals surface area contributed by atoms with Crippen LogP contribution in [0.15, 0.2) is 48.1 Å². The van der Waals surface area contributed by atoms with Crippen molar-refractivity contribution in [3.8, 4) is 0 Å². The van der Waals surface area contributed by atoms with Gasteiger partial charge in [0.1, 0.15) is 0 Å². The van der Waals surface area contributed by atoms with Crippen molar-refractivity contribution in [2.75, 3.05) is 0 Å². The molecule has 0 aliphatic rings. The van der Waals surface area contributed by atoms with E-state index in [4.69, 9.17) is 0 Å². The third kappa shape index (κ3) is 28.1. The lowest BCUT2D eigenvalue weighted by Gasteiger charge is -2.04. The monoisotopic (exact) mass is 350 g/mol. The second-order valence-electron chi connectivity index (χ2n) is 5.28. The molecule has 0 heterocycles. The van der Waals surface area contributed by atoms with Crippen LogP contribution >= 0.6 is 0 Å². The zero-order valence-corrected chi connectivity index (χ0v) is 19.3. The Bertz CT molecular complexity index is 298. The van der Waals surface area contributed by atoms with E-state index in [-0.39, 0.29) is 0 Å². The van der Waals surface area contributed by atoms with Crippen LogP contribution in [-0.4, -0.2) is 0 Å². The van der Waals surface area contributed by atoms with Gasteiger partial charge < -0.3 is 0 Å². The largest absolute Gasteiger partial charge is 0.0991 e. The van der Waals surface area contributed by atoms with Crippen LogP contribution in [-0.2, 0) is 0 Å². The van der Waals surface area contributed by atoms with Crippen LogP contribution < -0.4 is 0 Å². The van der Waals surface area contributed by atoms with Crippen LogP contribution in [0, 0.1) is 0 Å². The van der Waals surface area contributed by atoms with Crippen LogP contribution in [0.2, 0.25) is 0 Å². The van der Waals surface area contributed by atoms with Crippen LogP contribution in [0.4, 0.5) is 0 Å². The lowest BCUT2D eigenvalue weighted by molar-refractivity contribution is 0.656. The van der Waals surface area contributed by atoms with E-state index in [1.54, 1.807) is 0 Å². The van der Waals surface area contributed by atoms with Crippen molar-refractivity contribution in [3.05, 3.63) is 48.1 Å². The molecular weight excluding hydrogens is 300 g/mol. The number of hydrogen-bond donors (Lipinski definition) is 0. The van der Waals surface area contributed by atoms with Gasteiger partial charge in [-0.25, -0.2) is 0 Å². The summed E-state index contributed by atoms with van der Waals surface area (Å²) in [6.45, 7) is 22.7. The fraction of sp³-hybridized carbons (Fsp3) is 0.680. The van der Waals surface area contributed by atoms with Gasteiger partial charge in [-0.15, -0.1) is 0 Å². The fourth-order valence-electron chi connectivity index (χ4n) is 2.00. The number of rotatable bonds is 10. The summed E-state index contributed by atoms with van der Waals surface area (Å²) >= 11 is 0. The molecule has 0 unspecified atom stereocenters. The first-order valence-electron chi connectivity index (χ1n) is 10.9. The summed E-state index contributed by atoms with van der Waals surface area (Å²) in [6.07, 6.45) is 21.0. The van der Waals surface area contributed by atoms with Crippen molar-refractivity contribution in [1.29, 1.82) is 0 Å². The van der Waals surface area contributed by atoms with Crippen molar-refractivity contribution >= 4 is 0 Å². The second kappa shape index (κ2) is 34.3. The van der Waals surface area contributed by atoms with Gasteiger partial charge in [0.05, 0.1) is 0 Å². The van der Waals surface area contributed by atoms with Gasteiger partial charge in [0, 0.05) is 0 Å². The van der Waals surface area contributed by atoms with E-state index in [0.717, 1.165) is 12.8 Å². The third-order valence-electron chi connectivity index (χ3n) is 3.34. The first-order chi connectivity index (χ1) is 12.2. The van der Waals surface area contributed by atoms with Crippen molar-refractivity contribution < 1.29 is 0 Å². The molecule has 0 radical (unpaired) electrons. The van der Waals surface area contributed by atoms with E-state index in [9.17, 15) is 0 Å². The highest BCUT2D eigenvalue weighted by Gasteiger charge is 1.96. The van der Waals surface area contributed by atoms with Crippen LogP contribution in [0.5, 0.6) is 0 Å². The maximum Gasteiger partial charge on any atom is -0.0271 e. The van der Waals surface area contributed by atoms with E-state index in [0.29, 0.717) is 0 Å². The molecule has 0 aromatic rings. The van der Waals surface area contributed by atoms with Crippen LogP contribution in [0.3, 0.4) is 0 Å². The van der Waals surface area contributed by atoms with E-state index in [2.05, 4.69) is 65.5 Å². The topological polar surface area (TPSA) is 0 Å². The first-order valence-corrected chi connectivity index (χ1v) is 10.9. The Morgan fingerprint density at radius 1 is 0.800 bits per heavy atom. The van der Waals surface area contributed by atoms with Crippen LogP contribution in [0.1, 0.15) is 114 Å². The molecule has 0 aliphatic carbocycles. The molecule has 0 saturated heterocycles. The summed E-state index contributed by atoms with van der Waals surface area (Å²) in [7, 11) is 0. The van der Waals surface area contributed by atoms with Gasteiger partial charge >= 0.3 is 0 Å². The van der Waals surface area contributed by atoms with Crippen LogP contribution in [0.25, 0.3) is 0 Å². The molecule has 25 heavy (non-hydrogen) atoms. The minimum atomic E-state index is 1.06. The molecule has 0 atom stereocenters. The van der Waals surface area contributed by atoms with Gasteiger partial charge in [0.2, 0.25) is 0 Å². The Morgan fingerprint density at radius 2 is 1.32 bits per heavy atom. The molecule has 0 aromatic heterocycles. The molecule has 0 N–H and O–H groups in total. The quantitative estimate of drug-likeness (QED) is 0.271. The molecule has 0 bridgehead atoms. The molecule has 0 aromatic carbocycles. The Balaban J connectivity index is -0.000000168. The lowest BCUT2D eigenvalue weighted by Crippen LogP contribution is -1.84. The Kier molecular flexibility index (Phi) is 43.5. The van der Waals surface area contributed by atoms with E-state index >= 15 is 0 Å². The maximum atomic E-state index is 3.73. The summed E-state index contributed by atoms with van der Waals surface area (Å²) in [6, 6.07) is 0. The van der Waals surface area contributed by atoms with Crippen molar-refractivity contribution in [2.24, 2.45) is 0 Å². The molecular formula is C25H50. The zero-order chi connectivity index (χ0) is 20.3. The summed E-state index contributed by atoms with van der Waals surface area (Å²) < 4.78 is 0. The normalized spacial score (nSPS) is 10.8. The Labute approximate surface area is 162 Å². The van der Waals surface area contributed by atoms with Gasteiger partial charge in [-0.1, -0.05) is 131 Å². The molecule has 0 nitrogen and oxygen atoms in total. The van der Waals surface area contributed by atoms with Gasteiger partial charge in [-0.2, -0.15) is 0 Å². The minimum absolute atomic E-state index is 1.06. The summed E-state index contributed by atoms with van der Waals surface area (Å²) in [4.78, 5) is 0. The van der Waals surface area contributed by atoms with Crippen molar-refractivity contribution in [3.63, 3.8) is 0 Å². The average molecular weight is 351 g/mol. The number of unbranched alkanes of at least 4 members (excludes halogenated alkanes) is 5. The highest BCUT2D eigenvalue weighted by atomic mass is 14.0. The number of hydrogen-bond acceptors (Lipinski definition) is 0. The highest BCUT2D eigenvalue weighted by molar-refractivity contribution is 5.40. The molecule has 0 amide bonds. The van der Waals surface area contributed by atoms with E-state index in [1.165, 1.54) is 49.7 Å². The Hall–Kier alpha value is -1.04. The summed E-state index contributed by atoms with van der Waals surface area (Å²) in [5, 5.41) is 0.